The van der Waals surface area contributed by atoms with Crippen LogP contribution in [-0.2, 0) is 39.8 Å². The Labute approximate surface area is 457 Å². The van der Waals surface area contributed by atoms with Crippen LogP contribution in [0.2, 0.25) is 159 Å². The minimum absolute atomic E-state index is 0.486. The lowest BCUT2D eigenvalue weighted by Gasteiger charge is -2.31. The van der Waals surface area contributed by atoms with Gasteiger partial charge in [-0.1, -0.05) is 78.6 Å². The molecule has 0 spiro atoms. The van der Waals surface area contributed by atoms with E-state index < -0.39 is 78.8 Å². The van der Waals surface area contributed by atoms with Gasteiger partial charge in [0.2, 0.25) is 0 Å². The molecule has 410 valence electrons. The maximum absolute atomic E-state index is 6.72. The van der Waals surface area contributed by atoms with Crippen molar-refractivity contribution in [3.63, 3.8) is 0 Å². The molecule has 0 atom stereocenters. The second-order valence-corrected chi connectivity index (χ2v) is 77.8. The van der Waals surface area contributed by atoms with Crippen molar-refractivity contribution in [3.05, 3.63) is 0 Å². The summed E-state index contributed by atoms with van der Waals surface area (Å²) >= 11 is 39.9. The summed E-state index contributed by atoms with van der Waals surface area (Å²) in [7, 11) is -20.8. The van der Waals surface area contributed by atoms with Crippen LogP contribution in [0.4, 0.5) is 0 Å². The van der Waals surface area contributed by atoms with Crippen LogP contribution < -0.4 is 0 Å². The summed E-state index contributed by atoms with van der Waals surface area (Å²) in [6.07, 6.45) is 7.97. The lowest BCUT2D eigenvalue weighted by molar-refractivity contribution is 0.0628. The Morgan fingerprint density at radius 3 is 0.485 bits per heavy atom. The molecule has 0 bridgehead atoms. The first-order chi connectivity index (χ1) is 30.9. The van der Waals surface area contributed by atoms with Crippen LogP contribution in [-0.4, -0.2) is 138 Å². The summed E-state index contributed by atoms with van der Waals surface area (Å²) in [5.74, 6) is 0. The fourth-order valence-corrected chi connectivity index (χ4v) is 24.4. The molecule has 0 aromatic heterocycles. The number of hydrogen-bond acceptors (Lipinski definition) is 9. The highest BCUT2D eigenvalue weighted by Crippen LogP contribution is 2.27. The van der Waals surface area contributed by atoms with Gasteiger partial charge in [0, 0.05) is 66.0 Å². The van der Waals surface area contributed by atoms with E-state index in [1.807, 2.05) is 6.55 Å². The van der Waals surface area contributed by atoms with Gasteiger partial charge in [0.1, 0.15) is 0 Å². The van der Waals surface area contributed by atoms with Gasteiger partial charge in [-0.3, -0.25) is 0 Å². The third-order valence-electron chi connectivity index (χ3n) is 11.4. The molecule has 0 aliphatic rings. The molecule has 0 N–H and O–H groups in total. The molecule has 0 saturated carbocycles. The average Bonchev–Trinajstić information content (AvgIpc) is 3.16. The van der Waals surface area contributed by atoms with Gasteiger partial charge in [-0.15, -0.1) is 0 Å². The third kappa shape index (κ3) is 45.7. The van der Waals surface area contributed by atoms with Crippen LogP contribution in [0.25, 0.3) is 0 Å². The molecule has 9 nitrogen and oxygen atoms in total. The summed E-state index contributed by atoms with van der Waals surface area (Å²) in [5.41, 5.74) is 0. The molecule has 0 aromatic rings. The van der Waals surface area contributed by atoms with E-state index in [0.717, 1.165) is 112 Å². The van der Waals surface area contributed by atoms with E-state index in [1.54, 1.807) is 0 Å². The standard InChI is InChI=1S/C43H102Cl6O9Si10/c1-59(2,44)35-17-26-50-65(13,51-27-18-36-60(3,4)45)41-23-32-56-68(16,57-33-24-42-66(14,52-28-19-37-61(5,6)46)53-29-20-38-62(7,8)47)58-34-25-43-67(15,54-30-21-39-63(9,10)48)55-31-22-40-64(11,12)49/h17-43H2,1-16H3. The molecule has 0 radical (unpaired) electrons. The Hall–Kier alpha value is 3.55. The fourth-order valence-electron chi connectivity index (χ4n) is 7.32. The van der Waals surface area contributed by atoms with Crippen molar-refractivity contribution in [2.45, 2.75) is 217 Å². The van der Waals surface area contributed by atoms with Crippen molar-refractivity contribution in [3.8, 4) is 0 Å². The maximum atomic E-state index is 6.72. The highest BCUT2D eigenvalue weighted by Gasteiger charge is 2.39. The van der Waals surface area contributed by atoms with Crippen LogP contribution in [0.3, 0.4) is 0 Å². The Kier molecular flexibility index (Phi) is 36.2. The van der Waals surface area contributed by atoms with Gasteiger partial charge >= 0.3 is 34.5 Å². The van der Waals surface area contributed by atoms with E-state index in [0.29, 0.717) is 59.5 Å². The first kappa shape index (κ1) is 71.5. The molecule has 0 aromatic carbocycles. The molecule has 0 rings (SSSR count). The first-order valence-corrected chi connectivity index (χ1v) is 60.9. The zero-order valence-corrected chi connectivity index (χ0v) is 60.6. The van der Waals surface area contributed by atoms with Crippen molar-refractivity contribution in [2.75, 3.05) is 59.5 Å². The van der Waals surface area contributed by atoms with Crippen molar-refractivity contribution in [1.82, 2.24) is 0 Å². The molecule has 0 heterocycles. The van der Waals surface area contributed by atoms with Crippen molar-refractivity contribution < 1.29 is 39.8 Å². The summed E-state index contributed by atoms with van der Waals surface area (Å²) in [6.45, 7) is 40.2. The largest absolute Gasteiger partial charge is 0.497 e. The molecule has 0 fully saturated rings. The van der Waals surface area contributed by atoms with Crippen LogP contribution in [0.1, 0.15) is 57.8 Å². The van der Waals surface area contributed by atoms with E-state index in [1.165, 1.54) is 0 Å². The smallest absolute Gasteiger partial charge is 0.394 e. The summed E-state index contributed by atoms with van der Waals surface area (Å²) < 4.78 is 59.8. The molecule has 0 aliphatic heterocycles. The zero-order chi connectivity index (χ0) is 52.5. The molecule has 25 heteroatoms. The fraction of sp³-hybridized carbons (Fsp3) is 1.00. The van der Waals surface area contributed by atoms with Gasteiger partial charge in [-0.25, -0.2) is 0 Å². The van der Waals surface area contributed by atoms with Gasteiger partial charge in [-0.2, -0.15) is 66.5 Å². The summed E-state index contributed by atoms with van der Waals surface area (Å²) in [5, 5.41) is 0. The molecular weight excluding hydrogens is 1150 g/mol. The second kappa shape index (κ2) is 34.4. The van der Waals surface area contributed by atoms with Gasteiger partial charge in [-0.05, 0) is 132 Å². The predicted octanol–water partition coefficient (Wildman–Crippen LogP) is 17.1. The third-order valence-corrected chi connectivity index (χ3v) is 34.9. The molecule has 68 heavy (non-hydrogen) atoms. The van der Waals surface area contributed by atoms with Gasteiger partial charge in [0.15, 0.2) is 44.3 Å². The van der Waals surface area contributed by atoms with Crippen LogP contribution in [0.5, 0.6) is 0 Å². The van der Waals surface area contributed by atoms with Gasteiger partial charge in [0.05, 0.1) is 0 Å². The molecule has 0 saturated heterocycles. The number of hydrogen-bond donors (Lipinski definition) is 0. The molecule has 0 unspecified atom stereocenters. The highest BCUT2D eigenvalue weighted by atomic mass is 35.6. The maximum Gasteiger partial charge on any atom is 0.497 e. The molecule has 0 amide bonds. The van der Waals surface area contributed by atoms with E-state index >= 15 is 0 Å². The van der Waals surface area contributed by atoms with E-state index in [-0.39, 0.29) is 0 Å². The quantitative estimate of drug-likeness (QED) is 0.0336. The van der Waals surface area contributed by atoms with Crippen LogP contribution in [0.15, 0.2) is 0 Å². The summed E-state index contributed by atoms with van der Waals surface area (Å²) in [4.78, 5) is 0. The normalized spacial score (nSPS) is 14.4. The van der Waals surface area contributed by atoms with Crippen LogP contribution >= 0.6 is 66.5 Å². The first-order valence-electron chi connectivity index (χ1n) is 25.8. The Morgan fingerprint density at radius 2 is 0.338 bits per heavy atom. The van der Waals surface area contributed by atoms with E-state index in [4.69, 9.17) is 106 Å². The highest BCUT2D eigenvalue weighted by molar-refractivity contribution is 7.20. The van der Waals surface area contributed by atoms with Crippen molar-refractivity contribution in [1.29, 1.82) is 0 Å². The van der Waals surface area contributed by atoms with Gasteiger partial charge in [0.25, 0.3) is 0 Å². The Morgan fingerprint density at radius 1 is 0.206 bits per heavy atom. The zero-order valence-electron chi connectivity index (χ0n) is 46.0. The lowest BCUT2D eigenvalue weighted by Crippen LogP contribution is -2.45. The summed E-state index contributed by atoms with van der Waals surface area (Å²) in [6, 6.07) is 8.47. The minimum atomic E-state index is -3.11. The molecular formula is C43H102Cl6O9Si10. The van der Waals surface area contributed by atoms with Crippen molar-refractivity contribution in [2.24, 2.45) is 0 Å². The second-order valence-electron chi connectivity index (χ2n) is 23.1. The number of halogens is 6. The van der Waals surface area contributed by atoms with Crippen molar-refractivity contribution >= 4 is 145 Å². The SMILES string of the molecule is C[Si](C)(Cl)CCCO[Si](C)(CCCO[Si](C)(OCCC[Si](C)(OCCC[Si](C)(C)Cl)OCCC[Si](C)(C)Cl)OCCC[Si](C)(OCCC[Si](C)(C)Cl)OCCC[Si](C)(C)Cl)OCCC[Si](C)(C)Cl. The van der Waals surface area contributed by atoms with Gasteiger partial charge < -0.3 is 39.8 Å². The predicted molar refractivity (Wildman–Crippen MR) is 325 cm³/mol. The van der Waals surface area contributed by atoms with E-state index in [9.17, 15) is 0 Å². The number of rotatable bonds is 45. The minimum Gasteiger partial charge on any atom is -0.394 e. The Bertz CT molecular complexity index is 1090. The Balaban J connectivity index is 6.08. The van der Waals surface area contributed by atoms with E-state index in [2.05, 4.69) is 98.2 Å². The monoisotopic (exact) mass is 1250 g/mol. The average molecular weight is 1260 g/mol. The molecule has 0 aliphatic carbocycles. The lowest BCUT2D eigenvalue weighted by atomic mass is 10.5. The van der Waals surface area contributed by atoms with Crippen LogP contribution in [0, 0.1) is 0 Å². The topological polar surface area (TPSA) is 83.1 Å².